The van der Waals surface area contributed by atoms with Gasteiger partial charge in [0.05, 0.1) is 11.3 Å². The Balaban J connectivity index is 2.90. The predicted molar refractivity (Wildman–Crippen MR) is 81.8 cm³/mol. The summed E-state index contributed by atoms with van der Waals surface area (Å²) in [5.41, 5.74) is -0.609. The summed E-state index contributed by atoms with van der Waals surface area (Å²) in [6.45, 7) is 7.70. The molecular weight excluding hydrogens is 317 g/mol. The molecule has 0 aliphatic heterocycles. The number of halogens is 4. The summed E-state index contributed by atoms with van der Waals surface area (Å²) in [6.07, 6.45) is -3.14. The van der Waals surface area contributed by atoms with E-state index in [1.54, 1.807) is 0 Å². The van der Waals surface area contributed by atoms with Gasteiger partial charge in [-0.1, -0.05) is 37.9 Å². The van der Waals surface area contributed by atoms with E-state index in [0.29, 0.717) is 0 Å². The maximum Gasteiger partial charge on any atom is 0.418 e. The molecule has 1 aromatic carbocycles. The lowest BCUT2D eigenvalue weighted by atomic mass is 9.88. The summed E-state index contributed by atoms with van der Waals surface area (Å²) >= 11 is 5.57. The van der Waals surface area contributed by atoms with E-state index in [2.05, 4.69) is 10.6 Å². The maximum absolute atomic E-state index is 12.9. The van der Waals surface area contributed by atoms with Crippen LogP contribution in [0.1, 0.15) is 33.3 Å². The molecule has 22 heavy (non-hydrogen) atoms. The normalized spacial score (nSPS) is 13.0. The number of benzene rings is 1. The monoisotopic (exact) mass is 334 g/mol. The molecule has 0 spiro atoms. The number of amides is 2. The summed E-state index contributed by atoms with van der Waals surface area (Å²) in [5.74, 6) is 0. The Hall–Kier alpha value is -1.69. The number of carbonyl (C=O) groups is 1. The van der Waals surface area contributed by atoms with Gasteiger partial charge in [-0.2, -0.15) is 13.2 Å². The quantitative estimate of drug-likeness (QED) is 0.744. The van der Waals surface area contributed by atoms with Crippen molar-refractivity contribution in [3.63, 3.8) is 0 Å². The lowest BCUT2D eigenvalue weighted by Crippen LogP contribution is -2.26. The predicted octanol–water partition coefficient (Wildman–Crippen LogP) is 5.43. The first kappa shape index (κ1) is 18.4. The van der Waals surface area contributed by atoms with Gasteiger partial charge in [0.2, 0.25) is 0 Å². The molecule has 0 heterocycles. The number of alkyl halides is 3. The number of anilines is 1. The summed E-state index contributed by atoms with van der Waals surface area (Å²) in [7, 11) is 0. The highest BCUT2D eigenvalue weighted by molar-refractivity contribution is 6.30. The highest BCUT2D eigenvalue weighted by atomic mass is 35.5. The Morgan fingerprint density at radius 1 is 1.23 bits per heavy atom. The summed E-state index contributed by atoms with van der Waals surface area (Å²) in [4.78, 5) is 11.7. The molecule has 0 fully saturated rings. The van der Waals surface area contributed by atoms with Crippen molar-refractivity contribution < 1.29 is 18.0 Å². The Bertz CT molecular complexity index is 589. The Labute approximate surface area is 132 Å². The van der Waals surface area contributed by atoms with Crippen LogP contribution >= 0.6 is 11.6 Å². The lowest BCUT2D eigenvalue weighted by molar-refractivity contribution is -0.136. The number of allylic oxidation sites excluding steroid dienone is 1. The van der Waals surface area contributed by atoms with E-state index < -0.39 is 17.8 Å². The first-order valence-corrected chi connectivity index (χ1v) is 6.90. The van der Waals surface area contributed by atoms with Gasteiger partial charge >= 0.3 is 12.2 Å². The topological polar surface area (TPSA) is 41.1 Å². The van der Waals surface area contributed by atoms with E-state index in [1.165, 1.54) is 12.3 Å². The fourth-order valence-corrected chi connectivity index (χ4v) is 1.58. The van der Waals surface area contributed by atoms with Crippen LogP contribution in [0.25, 0.3) is 0 Å². The Morgan fingerprint density at radius 3 is 2.32 bits per heavy atom. The summed E-state index contributed by atoms with van der Waals surface area (Å²) < 4.78 is 38.7. The molecule has 0 radical (unpaired) electrons. The molecule has 0 aromatic heterocycles. The molecule has 0 aliphatic rings. The molecular formula is C15H18ClF3N2O. The average Bonchev–Trinajstić information content (AvgIpc) is 2.35. The first-order chi connectivity index (χ1) is 9.91. The zero-order valence-corrected chi connectivity index (χ0v) is 13.5. The SMILES string of the molecule is C/C(=C\NC(=O)Nc1ccc(Cl)cc1C(F)(F)F)C(C)(C)C. The lowest BCUT2D eigenvalue weighted by Gasteiger charge is -2.19. The fraction of sp³-hybridized carbons (Fsp3) is 0.400. The highest BCUT2D eigenvalue weighted by Crippen LogP contribution is 2.36. The number of urea groups is 1. The second-order valence-electron chi connectivity index (χ2n) is 5.86. The van der Waals surface area contributed by atoms with E-state index in [-0.39, 0.29) is 16.1 Å². The van der Waals surface area contributed by atoms with Crippen molar-refractivity contribution in [1.82, 2.24) is 5.32 Å². The number of hydrogen-bond donors (Lipinski definition) is 2. The minimum atomic E-state index is -4.61. The molecule has 0 aliphatic carbocycles. The maximum atomic E-state index is 12.9. The summed E-state index contributed by atoms with van der Waals surface area (Å²) in [5, 5.41) is 4.54. The Kier molecular flexibility index (Phi) is 5.51. The molecule has 0 bridgehead atoms. The molecule has 0 atom stereocenters. The molecule has 2 N–H and O–H groups in total. The van der Waals surface area contributed by atoms with Crippen molar-refractivity contribution in [2.24, 2.45) is 5.41 Å². The van der Waals surface area contributed by atoms with Crippen molar-refractivity contribution in [3.8, 4) is 0 Å². The molecule has 3 nitrogen and oxygen atoms in total. The van der Waals surface area contributed by atoms with E-state index in [0.717, 1.165) is 17.7 Å². The Morgan fingerprint density at radius 2 is 1.82 bits per heavy atom. The second kappa shape index (κ2) is 6.60. The van der Waals surface area contributed by atoms with Crippen LogP contribution in [-0.4, -0.2) is 6.03 Å². The van der Waals surface area contributed by atoms with Gasteiger partial charge in [0.25, 0.3) is 0 Å². The van der Waals surface area contributed by atoms with Crippen molar-refractivity contribution >= 4 is 23.3 Å². The third-order valence-corrected chi connectivity index (χ3v) is 3.37. The van der Waals surface area contributed by atoms with Crippen molar-refractivity contribution in [1.29, 1.82) is 0 Å². The number of rotatable bonds is 2. The van der Waals surface area contributed by atoms with E-state index >= 15 is 0 Å². The molecule has 0 unspecified atom stereocenters. The largest absolute Gasteiger partial charge is 0.418 e. The van der Waals surface area contributed by atoms with Gasteiger partial charge in [-0.25, -0.2) is 4.79 Å². The van der Waals surface area contributed by atoms with Crippen LogP contribution in [0.4, 0.5) is 23.7 Å². The van der Waals surface area contributed by atoms with Gasteiger partial charge < -0.3 is 10.6 Å². The highest BCUT2D eigenvalue weighted by Gasteiger charge is 2.34. The average molecular weight is 335 g/mol. The van der Waals surface area contributed by atoms with E-state index in [4.69, 9.17) is 11.6 Å². The molecule has 1 aromatic rings. The van der Waals surface area contributed by atoms with Crippen LogP contribution in [0, 0.1) is 5.41 Å². The van der Waals surface area contributed by atoms with Gasteiger partial charge in [-0.05, 0) is 30.5 Å². The van der Waals surface area contributed by atoms with Gasteiger partial charge in [0.15, 0.2) is 0 Å². The van der Waals surface area contributed by atoms with Crippen LogP contribution in [0.15, 0.2) is 30.0 Å². The first-order valence-electron chi connectivity index (χ1n) is 6.53. The summed E-state index contributed by atoms with van der Waals surface area (Å²) in [6, 6.07) is 2.41. The number of carbonyl (C=O) groups excluding carboxylic acids is 1. The van der Waals surface area contributed by atoms with Gasteiger partial charge in [0.1, 0.15) is 0 Å². The van der Waals surface area contributed by atoms with Gasteiger partial charge in [0, 0.05) is 11.2 Å². The molecule has 1 rings (SSSR count). The van der Waals surface area contributed by atoms with Crippen molar-refractivity contribution in [3.05, 3.63) is 40.6 Å². The minimum Gasteiger partial charge on any atom is -0.314 e. The van der Waals surface area contributed by atoms with Crippen LogP contribution in [-0.2, 0) is 6.18 Å². The van der Waals surface area contributed by atoms with E-state index in [9.17, 15) is 18.0 Å². The molecule has 2 amide bonds. The van der Waals surface area contributed by atoms with Crippen LogP contribution < -0.4 is 10.6 Å². The number of nitrogens with one attached hydrogen (secondary N) is 2. The molecule has 7 heteroatoms. The fourth-order valence-electron chi connectivity index (χ4n) is 1.41. The van der Waals surface area contributed by atoms with Crippen LogP contribution in [0.5, 0.6) is 0 Å². The zero-order chi connectivity index (χ0) is 17.1. The zero-order valence-electron chi connectivity index (χ0n) is 12.7. The van der Waals surface area contributed by atoms with Crippen LogP contribution in [0.2, 0.25) is 5.02 Å². The van der Waals surface area contributed by atoms with Gasteiger partial charge in [-0.3, -0.25) is 0 Å². The minimum absolute atomic E-state index is 0.0539. The third kappa shape index (κ3) is 5.26. The molecule has 0 saturated carbocycles. The van der Waals surface area contributed by atoms with Crippen molar-refractivity contribution in [2.45, 2.75) is 33.9 Å². The smallest absolute Gasteiger partial charge is 0.314 e. The molecule has 122 valence electrons. The standard InChI is InChI=1S/C15H18ClF3N2O/c1-9(14(2,3)4)8-20-13(22)21-12-6-5-10(16)7-11(12)15(17,18)19/h5-8H,1-4H3,(H2,20,21,22)/b9-8+. The van der Waals surface area contributed by atoms with E-state index in [1.807, 2.05) is 27.7 Å². The van der Waals surface area contributed by atoms with Crippen LogP contribution in [0.3, 0.4) is 0 Å². The third-order valence-electron chi connectivity index (χ3n) is 3.14. The number of hydrogen-bond acceptors (Lipinski definition) is 1. The molecule has 0 saturated heterocycles. The van der Waals surface area contributed by atoms with Crippen molar-refractivity contribution in [2.75, 3.05) is 5.32 Å². The second-order valence-corrected chi connectivity index (χ2v) is 6.30. The van der Waals surface area contributed by atoms with Gasteiger partial charge in [-0.15, -0.1) is 0 Å².